The molecule has 0 saturated carbocycles. The van der Waals surface area contributed by atoms with Crippen LogP contribution in [0.4, 0.5) is 0 Å². The lowest BCUT2D eigenvalue weighted by Gasteiger charge is -2.28. The first-order chi connectivity index (χ1) is 29.5. The molecule has 0 radical (unpaired) electrons. The topological polar surface area (TPSA) is 111 Å². The number of ether oxygens (including phenoxy) is 2. The molecule has 0 amide bonds. The molecule has 0 bridgehead atoms. The van der Waals surface area contributed by atoms with E-state index in [2.05, 4.69) is 50.3 Å². The van der Waals surface area contributed by atoms with Crippen LogP contribution in [-0.4, -0.2) is 70.0 Å². The van der Waals surface area contributed by atoms with E-state index in [4.69, 9.17) is 18.5 Å². The van der Waals surface area contributed by atoms with Gasteiger partial charge in [0.25, 0.3) is 7.82 Å². The van der Waals surface area contributed by atoms with Crippen LogP contribution in [0.1, 0.15) is 226 Å². The first-order valence-corrected chi connectivity index (χ1v) is 26.7. The third kappa shape index (κ3) is 47.5. The lowest BCUT2D eigenvalue weighted by Crippen LogP contribution is -2.37. The van der Waals surface area contributed by atoms with Crippen molar-refractivity contribution in [1.29, 1.82) is 0 Å². The second-order valence-corrected chi connectivity index (χ2v) is 19.6. The summed E-state index contributed by atoms with van der Waals surface area (Å²) in [5.41, 5.74) is 0. The van der Waals surface area contributed by atoms with Crippen molar-refractivity contribution in [2.75, 3.05) is 47.5 Å². The molecule has 0 aromatic heterocycles. The van der Waals surface area contributed by atoms with Gasteiger partial charge in [-0.05, 0) is 70.6 Å². The standard InChI is InChI=1S/C51H96NO8P/c1-6-8-10-12-14-16-18-20-22-24-25-26-27-28-30-31-33-35-37-39-41-43-50(53)57-47-49(48-59-61(55,56)58-46-45-52(3,4)5)60-51(54)44-42-40-38-36-34-32-29-23-21-19-17-15-13-11-9-7-2/h17,19,23-25,29,49H,6-16,18,20-22,26-28,30-48H2,1-5H3/b19-17-,25-24-,29-23-. The predicted octanol–water partition coefficient (Wildman–Crippen LogP) is 14.2. The third-order valence-electron chi connectivity index (χ3n) is 10.9. The summed E-state index contributed by atoms with van der Waals surface area (Å²) < 4.78 is 34.0. The minimum absolute atomic E-state index is 0.0338. The third-order valence-corrected chi connectivity index (χ3v) is 11.8. The maximum atomic E-state index is 12.7. The van der Waals surface area contributed by atoms with E-state index < -0.39 is 26.5 Å². The summed E-state index contributed by atoms with van der Waals surface area (Å²) in [6.07, 6.45) is 50.3. The van der Waals surface area contributed by atoms with Crippen molar-refractivity contribution in [3.05, 3.63) is 36.5 Å². The maximum absolute atomic E-state index is 12.7. The molecule has 358 valence electrons. The van der Waals surface area contributed by atoms with Crippen LogP contribution in [0.25, 0.3) is 0 Å². The summed E-state index contributed by atoms with van der Waals surface area (Å²) in [5, 5.41) is 0. The normalized spacial score (nSPS) is 13.7. The van der Waals surface area contributed by atoms with Crippen molar-refractivity contribution in [2.45, 2.75) is 232 Å². The summed E-state index contributed by atoms with van der Waals surface area (Å²) in [4.78, 5) is 37.7. The zero-order valence-electron chi connectivity index (χ0n) is 40.4. The molecule has 9 nitrogen and oxygen atoms in total. The van der Waals surface area contributed by atoms with Crippen LogP contribution < -0.4 is 4.89 Å². The molecule has 61 heavy (non-hydrogen) atoms. The predicted molar refractivity (Wildman–Crippen MR) is 254 cm³/mol. The fourth-order valence-electron chi connectivity index (χ4n) is 6.92. The highest BCUT2D eigenvalue weighted by molar-refractivity contribution is 7.45. The molecule has 0 aliphatic heterocycles. The average Bonchev–Trinajstić information content (AvgIpc) is 3.21. The Labute approximate surface area is 376 Å². The number of rotatable bonds is 46. The van der Waals surface area contributed by atoms with Gasteiger partial charge in [0.05, 0.1) is 27.7 Å². The van der Waals surface area contributed by atoms with Crippen molar-refractivity contribution >= 4 is 19.8 Å². The summed E-state index contributed by atoms with van der Waals surface area (Å²) in [6.45, 7) is 4.21. The number of phosphoric ester groups is 1. The van der Waals surface area contributed by atoms with Gasteiger partial charge < -0.3 is 27.9 Å². The Hall–Kier alpha value is -1.77. The van der Waals surface area contributed by atoms with E-state index in [0.29, 0.717) is 17.4 Å². The van der Waals surface area contributed by atoms with E-state index >= 15 is 0 Å². The van der Waals surface area contributed by atoms with E-state index in [9.17, 15) is 19.0 Å². The number of quaternary nitrogens is 1. The molecule has 0 aromatic carbocycles. The highest BCUT2D eigenvalue weighted by Gasteiger charge is 2.21. The minimum Gasteiger partial charge on any atom is -0.756 e. The first kappa shape index (κ1) is 59.2. The van der Waals surface area contributed by atoms with E-state index in [1.807, 2.05) is 21.1 Å². The Morgan fingerprint density at radius 2 is 0.885 bits per heavy atom. The van der Waals surface area contributed by atoms with Gasteiger partial charge in [-0.2, -0.15) is 0 Å². The van der Waals surface area contributed by atoms with Crippen LogP contribution in [0, 0.1) is 0 Å². The largest absolute Gasteiger partial charge is 0.756 e. The summed E-state index contributed by atoms with van der Waals surface area (Å²) in [5.74, 6) is -0.847. The molecular weight excluding hydrogens is 786 g/mol. The number of phosphoric acid groups is 1. The van der Waals surface area contributed by atoms with Crippen LogP contribution in [0.3, 0.4) is 0 Å². The quantitative estimate of drug-likeness (QED) is 0.0195. The van der Waals surface area contributed by atoms with Crippen LogP contribution in [0.5, 0.6) is 0 Å². The van der Waals surface area contributed by atoms with E-state index in [1.54, 1.807) is 0 Å². The molecule has 2 atom stereocenters. The van der Waals surface area contributed by atoms with Gasteiger partial charge in [-0.3, -0.25) is 14.2 Å². The SMILES string of the molecule is CCCCCC/C=C\C/C=C\CCCCCCCC(=O)OC(COC(=O)CCCCCCCCCCC/C=C\CCCCCCCCCC)COP(=O)([O-])OCC[N+](C)(C)C. The van der Waals surface area contributed by atoms with E-state index in [0.717, 1.165) is 57.8 Å². The van der Waals surface area contributed by atoms with E-state index in [-0.39, 0.29) is 32.0 Å². The number of unbranched alkanes of at least 4 members (excludes halogenated alkanes) is 26. The molecule has 0 aliphatic carbocycles. The molecular formula is C51H96NO8P. The van der Waals surface area contributed by atoms with Gasteiger partial charge >= 0.3 is 11.9 Å². The summed E-state index contributed by atoms with van der Waals surface area (Å²) in [6, 6.07) is 0. The summed E-state index contributed by atoms with van der Waals surface area (Å²) >= 11 is 0. The lowest BCUT2D eigenvalue weighted by molar-refractivity contribution is -0.870. The highest BCUT2D eigenvalue weighted by atomic mass is 31.2. The Balaban J connectivity index is 4.26. The monoisotopic (exact) mass is 882 g/mol. The van der Waals surface area contributed by atoms with Crippen molar-refractivity contribution < 1.29 is 42.1 Å². The first-order valence-electron chi connectivity index (χ1n) is 25.2. The number of carbonyl (C=O) groups excluding carboxylic acids is 2. The molecule has 0 heterocycles. The van der Waals surface area contributed by atoms with Crippen LogP contribution >= 0.6 is 7.82 Å². The number of allylic oxidation sites excluding steroid dienone is 6. The zero-order valence-corrected chi connectivity index (χ0v) is 41.3. The lowest BCUT2D eigenvalue weighted by atomic mass is 10.1. The van der Waals surface area contributed by atoms with Crippen molar-refractivity contribution in [2.24, 2.45) is 0 Å². The number of hydrogen-bond donors (Lipinski definition) is 0. The van der Waals surface area contributed by atoms with Crippen molar-refractivity contribution in [3.63, 3.8) is 0 Å². The van der Waals surface area contributed by atoms with Gasteiger partial charge in [-0.25, -0.2) is 0 Å². The Morgan fingerprint density at radius 3 is 1.33 bits per heavy atom. The van der Waals surface area contributed by atoms with Gasteiger partial charge in [0.15, 0.2) is 6.10 Å². The molecule has 0 saturated heterocycles. The van der Waals surface area contributed by atoms with Crippen LogP contribution in [0.2, 0.25) is 0 Å². The number of likely N-dealkylation sites (N-methyl/N-ethyl adjacent to an activating group) is 1. The number of esters is 2. The van der Waals surface area contributed by atoms with Gasteiger partial charge in [0, 0.05) is 12.8 Å². The number of carbonyl (C=O) groups is 2. The molecule has 0 aromatic rings. The molecule has 10 heteroatoms. The second-order valence-electron chi connectivity index (χ2n) is 18.2. The molecule has 0 spiro atoms. The zero-order chi connectivity index (χ0) is 45.0. The van der Waals surface area contributed by atoms with Crippen molar-refractivity contribution in [3.8, 4) is 0 Å². The smallest absolute Gasteiger partial charge is 0.306 e. The summed E-state index contributed by atoms with van der Waals surface area (Å²) in [7, 11) is 1.16. The molecule has 0 rings (SSSR count). The Bertz CT molecular complexity index is 1130. The minimum atomic E-state index is -4.63. The van der Waals surface area contributed by atoms with Gasteiger partial charge in [0.2, 0.25) is 0 Å². The second kappa shape index (κ2) is 43.5. The number of nitrogens with zero attached hydrogens (tertiary/aromatic N) is 1. The Morgan fingerprint density at radius 1 is 0.508 bits per heavy atom. The highest BCUT2D eigenvalue weighted by Crippen LogP contribution is 2.38. The Kier molecular flexibility index (Phi) is 42.2. The van der Waals surface area contributed by atoms with Crippen LogP contribution in [0.15, 0.2) is 36.5 Å². The molecule has 2 unspecified atom stereocenters. The van der Waals surface area contributed by atoms with Gasteiger partial charge in [0.1, 0.15) is 19.8 Å². The van der Waals surface area contributed by atoms with Gasteiger partial charge in [-0.1, -0.05) is 179 Å². The fourth-order valence-corrected chi connectivity index (χ4v) is 7.64. The van der Waals surface area contributed by atoms with Gasteiger partial charge in [-0.15, -0.1) is 0 Å². The van der Waals surface area contributed by atoms with E-state index in [1.165, 1.54) is 135 Å². The van der Waals surface area contributed by atoms with Crippen LogP contribution in [-0.2, 0) is 32.7 Å². The average molecular weight is 882 g/mol. The molecule has 0 N–H and O–H groups in total. The maximum Gasteiger partial charge on any atom is 0.306 e. The number of hydrogen-bond acceptors (Lipinski definition) is 8. The molecule has 0 fully saturated rings. The van der Waals surface area contributed by atoms with Crippen molar-refractivity contribution in [1.82, 2.24) is 0 Å². The molecule has 0 aliphatic rings. The fraction of sp³-hybridized carbons (Fsp3) is 0.843.